The number of nitrogens with zero attached hydrogens (tertiary/aromatic N) is 2. The molecule has 1 fully saturated rings. The van der Waals surface area contributed by atoms with Gasteiger partial charge in [-0.2, -0.15) is 0 Å². The van der Waals surface area contributed by atoms with E-state index in [0.717, 1.165) is 38.4 Å². The van der Waals surface area contributed by atoms with Crippen molar-refractivity contribution < 1.29 is 0 Å². The number of hydrogen-bond donors (Lipinski definition) is 2. The molecule has 3 N–H and O–H groups in total. The average molecular weight is 310 g/mol. The molecule has 23 heavy (non-hydrogen) atoms. The third-order valence-electron chi connectivity index (χ3n) is 4.47. The van der Waals surface area contributed by atoms with E-state index < -0.39 is 0 Å². The number of hydrogen-bond acceptors (Lipinski definition) is 4. The van der Waals surface area contributed by atoms with E-state index in [9.17, 15) is 0 Å². The van der Waals surface area contributed by atoms with Gasteiger partial charge in [0.25, 0.3) is 0 Å². The van der Waals surface area contributed by atoms with Gasteiger partial charge in [-0.25, -0.2) is 4.98 Å². The van der Waals surface area contributed by atoms with E-state index in [4.69, 9.17) is 5.73 Å². The molecule has 0 radical (unpaired) electrons. The quantitative estimate of drug-likeness (QED) is 0.861. The fourth-order valence-corrected chi connectivity index (χ4v) is 3.13. The number of anilines is 1. The lowest BCUT2D eigenvalue weighted by molar-refractivity contribution is 0.211. The van der Waals surface area contributed by atoms with Crippen molar-refractivity contribution >= 4 is 5.82 Å². The van der Waals surface area contributed by atoms with E-state index in [-0.39, 0.29) is 0 Å². The molecule has 0 saturated carbocycles. The van der Waals surface area contributed by atoms with Gasteiger partial charge in [-0.15, -0.1) is 0 Å². The van der Waals surface area contributed by atoms with Crippen LogP contribution in [0.5, 0.6) is 0 Å². The second kappa shape index (κ2) is 8.09. The second-order valence-corrected chi connectivity index (χ2v) is 6.26. The molecule has 3 rings (SSSR count). The summed E-state index contributed by atoms with van der Waals surface area (Å²) in [6.45, 7) is 4.03. The summed E-state index contributed by atoms with van der Waals surface area (Å²) in [4.78, 5) is 6.89. The molecule has 4 nitrogen and oxygen atoms in total. The smallest absolute Gasteiger partial charge is 0.126 e. The van der Waals surface area contributed by atoms with Gasteiger partial charge in [0.1, 0.15) is 5.82 Å². The first-order valence-electron chi connectivity index (χ1n) is 8.51. The van der Waals surface area contributed by atoms with Gasteiger partial charge in [-0.05, 0) is 49.1 Å². The third kappa shape index (κ3) is 4.78. The molecule has 1 aromatic carbocycles. The normalized spacial score (nSPS) is 16.4. The maximum absolute atomic E-state index is 5.60. The molecule has 1 aromatic heterocycles. The molecule has 2 heterocycles. The van der Waals surface area contributed by atoms with Crippen molar-refractivity contribution in [1.29, 1.82) is 0 Å². The van der Waals surface area contributed by atoms with Crippen LogP contribution in [0.1, 0.15) is 24.0 Å². The summed E-state index contributed by atoms with van der Waals surface area (Å²) in [5.74, 6) is 0.987. The predicted molar refractivity (Wildman–Crippen MR) is 95.4 cm³/mol. The highest BCUT2D eigenvalue weighted by atomic mass is 15.1. The van der Waals surface area contributed by atoms with Gasteiger partial charge >= 0.3 is 0 Å². The highest BCUT2D eigenvalue weighted by molar-refractivity contribution is 5.34. The van der Waals surface area contributed by atoms with Crippen LogP contribution in [0.25, 0.3) is 0 Å². The molecule has 1 aliphatic rings. The minimum absolute atomic E-state index is 0.535. The Balaban J connectivity index is 1.45. The molecule has 1 aliphatic heterocycles. The Morgan fingerprint density at radius 3 is 2.43 bits per heavy atom. The summed E-state index contributed by atoms with van der Waals surface area (Å²) in [5.41, 5.74) is 8.32. The molecule has 0 bridgehead atoms. The number of nitrogens with two attached hydrogens (primary N) is 1. The summed E-state index contributed by atoms with van der Waals surface area (Å²) in [7, 11) is 0. The third-order valence-corrected chi connectivity index (χ3v) is 4.47. The SMILES string of the molecule is NCCc1ccc(CN2CCC(Nc3ccccn3)CC2)cc1. The van der Waals surface area contributed by atoms with Crippen molar-refractivity contribution in [2.45, 2.75) is 31.8 Å². The molecular weight excluding hydrogens is 284 g/mol. The van der Waals surface area contributed by atoms with Gasteiger partial charge in [0.2, 0.25) is 0 Å². The topological polar surface area (TPSA) is 54.2 Å². The number of benzene rings is 1. The van der Waals surface area contributed by atoms with Crippen LogP contribution in [-0.4, -0.2) is 35.6 Å². The second-order valence-electron chi connectivity index (χ2n) is 6.26. The minimum Gasteiger partial charge on any atom is -0.367 e. The van der Waals surface area contributed by atoms with E-state index >= 15 is 0 Å². The number of rotatable bonds is 6. The number of pyridine rings is 1. The van der Waals surface area contributed by atoms with Crippen molar-refractivity contribution in [1.82, 2.24) is 9.88 Å². The van der Waals surface area contributed by atoms with Gasteiger partial charge < -0.3 is 11.1 Å². The van der Waals surface area contributed by atoms with E-state index in [1.165, 1.54) is 24.0 Å². The molecule has 1 saturated heterocycles. The molecule has 0 spiro atoms. The molecule has 0 amide bonds. The Kier molecular flexibility index (Phi) is 5.61. The summed E-state index contributed by atoms with van der Waals surface area (Å²) in [5, 5.41) is 3.54. The van der Waals surface area contributed by atoms with Crippen molar-refractivity contribution in [2.75, 3.05) is 25.0 Å². The number of piperidine rings is 1. The van der Waals surface area contributed by atoms with E-state index in [0.29, 0.717) is 6.04 Å². The van der Waals surface area contributed by atoms with Crippen LogP contribution in [0.4, 0.5) is 5.82 Å². The fraction of sp³-hybridized carbons (Fsp3) is 0.421. The Bertz CT molecular complexity index is 574. The highest BCUT2D eigenvalue weighted by Gasteiger charge is 2.19. The summed E-state index contributed by atoms with van der Waals surface area (Å²) in [6.07, 6.45) is 5.14. The van der Waals surface area contributed by atoms with Crippen LogP contribution in [-0.2, 0) is 13.0 Å². The monoisotopic (exact) mass is 310 g/mol. The van der Waals surface area contributed by atoms with Crippen LogP contribution >= 0.6 is 0 Å². The van der Waals surface area contributed by atoms with Crippen LogP contribution in [0.15, 0.2) is 48.7 Å². The highest BCUT2D eigenvalue weighted by Crippen LogP contribution is 2.17. The Labute approximate surface area is 138 Å². The van der Waals surface area contributed by atoms with Gasteiger partial charge in [-0.1, -0.05) is 30.3 Å². The van der Waals surface area contributed by atoms with Gasteiger partial charge in [0.05, 0.1) is 0 Å². The zero-order valence-corrected chi connectivity index (χ0v) is 13.6. The van der Waals surface area contributed by atoms with Crippen molar-refractivity contribution in [3.63, 3.8) is 0 Å². The Hall–Kier alpha value is -1.91. The number of likely N-dealkylation sites (tertiary alicyclic amines) is 1. The summed E-state index contributed by atoms with van der Waals surface area (Å²) in [6, 6.07) is 15.4. The maximum atomic E-state index is 5.60. The molecule has 0 aliphatic carbocycles. The van der Waals surface area contributed by atoms with Crippen LogP contribution < -0.4 is 11.1 Å². The molecule has 2 aromatic rings. The predicted octanol–water partition coefficient (Wildman–Crippen LogP) is 2.66. The van der Waals surface area contributed by atoms with Crippen LogP contribution in [0, 0.1) is 0 Å². The largest absolute Gasteiger partial charge is 0.367 e. The summed E-state index contributed by atoms with van der Waals surface area (Å²) < 4.78 is 0. The molecule has 122 valence electrons. The minimum atomic E-state index is 0.535. The fourth-order valence-electron chi connectivity index (χ4n) is 3.13. The zero-order valence-electron chi connectivity index (χ0n) is 13.6. The Morgan fingerprint density at radius 1 is 1.04 bits per heavy atom. The first-order valence-corrected chi connectivity index (χ1v) is 8.51. The summed E-state index contributed by atoms with van der Waals surface area (Å²) >= 11 is 0. The molecule has 0 unspecified atom stereocenters. The number of aromatic nitrogens is 1. The van der Waals surface area contributed by atoms with Gasteiger partial charge in [0.15, 0.2) is 0 Å². The number of nitrogens with one attached hydrogen (secondary N) is 1. The van der Waals surface area contributed by atoms with E-state index in [1.807, 2.05) is 24.4 Å². The lowest BCUT2D eigenvalue weighted by atomic mass is 10.0. The van der Waals surface area contributed by atoms with Crippen molar-refractivity contribution in [3.05, 3.63) is 59.8 Å². The molecular formula is C19H26N4. The lowest BCUT2D eigenvalue weighted by Crippen LogP contribution is -2.38. The average Bonchev–Trinajstić information content (AvgIpc) is 2.60. The van der Waals surface area contributed by atoms with Crippen molar-refractivity contribution in [2.24, 2.45) is 5.73 Å². The Morgan fingerprint density at radius 2 is 1.78 bits per heavy atom. The van der Waals surface area contributed by atoms with Crippen molar-refractivity contribution in [3.8, 4) is 0 Å². The van der Waals surface area contributed by atoms with Crippen LogP contribution in [0.3, 0.4) is 0 Å². The molecule has 0 atom stereocenters. The van der Waals surface area contributed by atoms with Crippen LogP contribution in [0.2, 0.25) is 0 Å². The van der Waals surface area contributed by atoms with Gasteiger partial charge in [0, 0.05) is 31.9 Å². The first-order chi connectivity index (χ1) is 11.3. The van der Waals surface area contributed by atoms with E-state index in [1.54, 1.807) is 0 Å². The first kappa shape index (κ1) is 16.0. The van der Waals surface area contributed by atoms with Gasteiger partial charge in [-0.3, -0.25) is 4.90 Å². The molecule has 4 heteroatoms. The lowest BCUT2D eigenvalue weighted by Gasteiger charge is -2.32. The standard InChI is InChI=1S/C19H26N4/c20-11-8-16-4-6-17(7-5-16)15-23-13-9-18(10-14-23)22-19-3-1-2-12-21-19/h1-7,12,18H,8-11,13-15,20H2,(H,21,22). The van der Waals surface area contributed by atoms with E-state index in [2.05, 4.69) is 39.5 Å². The maximum Gasteiger partial charge on any atom is 0.126 e. The zero-order chi connectivity index (χ0) is 15.9.